The number of nitrogens with one attached hydrogen (secondary N) is 1. The van der Waals surface area contributed by atoms with Gasteiger partial charge in [0.05, 0.1) is 32.1 Å². The zero-order valence-corrected chi connectivity index (χ0v) is 24.5. The molecule has 1 N–H and O–H groups in total. The molecular weight excluding hydrogens is 496 g/mol. The Bertz CT molecular complexity index is 1060. The smallest absolute Gasteiger partial charge is 0.272 e. The molecule has 1 atom stereocenters. The first-order chi connectivity index (χ1) is 18.8. The number of carbonyl (C=O) groups is 2. The van der Waals surface area contributed by atoms with E-state index in [1.165, 1.54) is 32.1 Å². The molecule has 1 saturated carbocycles. The topological polar surface area (TPSA) is 94.9 Å². The van der Waals surface area contributed by atoms with Gasteiger partial charge in [-0.15, -0.1) is 0 Å². The Kier molecular flexibility index (Phi) is 11.7. The first-order valence-electron chi connectivity index (χ1n) is 14.1. The SMILES string of the molecule is COCCN(C)C(=O)C(CCC1CCCCC1)NC(=O)c1cc(-c2c(OC)cccc2OC)n(CC(C)C)n1. The fraction of sp³-hybridized carbons (Fsp3) is 0.633. The first kappa shape index (κ1) is 30.5. The third kappa shape index (κ3) is 8.21. The van der Waals surface area contributed by atoms with Crippen molar-refractivity contribution in [1.29, 1.82) is 0 Å². The van der Waals surface area contributed by atoms with Crippen LogP contribution in [0, 0.1) is 11.8 Å². The first-order valence-corrected chi connectivity index (χ1v) is 14.1. The average Bonchev–Trinajstić information content (AvgIpc) is 3.36. The lowest BCUT2D eigenvalue weighted by Crippen LogP contribution is -2.48. The fourth-order valence-corrected chi connectivity index (χ4v) is 5.29. The number of benzene rings is 1. The molecule has 0 saturated heterocycles. The Balaban J connectivity index is 1.89. The van der Waals surface area contributed by atoms with Crippen LogP contribution in [0.5, 0.6) is 11.5 Å². The second-order valence-electron chi connectivity index (χ2n) is 10.9. The van der Waals surface area contributed by atoms with Crippen LogP contribution in [0.4, 0.5) is 0 Å². The Morgan fingerprint density at radius 3 is 2.36 bits per heavy atom. The van der Waals surface area contributed by atoms with E-state index in [4.69, 9.17) is 14.2 Å². The van der Waals surface area contributed by atoms with E-state index in [2.05, 4.69) is 24.3 Å². The van der Waals surface area contributed by atoms with Gasteiger partial charge in [-0.25, -0.2) is 0 Å². The monoisotopic (exact) mass is 542 g/mol. The molecule has 1 heterocycles. The second-order valence-corrected chi connectivity index (χ2v) is 10.9. The van der Waals surface area contributed by atoms with Crippen LogP contribution < -0.4 is 14.8 Å². The number of hydrogen-bond acceptors (Lipinski definition) is 6. The number of amides is 2. The second kappa shape index (κ2) is 14.9. The molecule has 1 aliphatic carbocycles. The van der Waals surface area contributed by atoms with Crippen LogP contribution in [-0.2, 0) is 16.1 Å². The molecule has 39 heavy (non-hydrogen) atoms. The summed E-state index contributed by atoms with van der Waals surface area (Å²) >= 11 is 0. The summed E-state index contributed by atoms with van der Waals surface area (Å²) in [6, 6.07) is 6.72. The van der Waals surface area contributed by atoms with Crippen LogP contribution in [-0.4, -0.2) is 74.1 Å². The third-order valence-electron chi connectivity index (χ3n) is 7.43. The van der Waals surface area contributed by atoms with Crippen molar-refractivity contribution in [2.45, 2.75) is 71.4 Å². The van der Waals surface area contributed by atoms with Crippen molar-refractivity contribution in [2.24, 2.45) is 11.8 Å². The summed E-state index contributed by atoms with van der Waals surface area (Å²) < 4.78 is 18.3. The van der Waals surface area contributed by atoms with Gasteiger partial charge < -0.3 is 24.4 Å². The van der Waals surface area contributed by atoms with Crippen molar-refractivity contribution < 1.29 is 23.8 Å². The Labute approximate surface area is 233 Å². The number of likely N-dealkylation sites (N-methyl/N-ethyl adjacent to an activating group) is 1. The zero-order valence-electron chi connectivity index (χ0n) is 24.5. The minimum Gasteiger partial charge on any atom is -0.496 e. The quantitative estimate of drug-likeness (QED) is 0.369. The highest BCUT2D eigenvalue weighted by molar-refractivity contribution is 5.97. The minimum absolute atomic E-state index is 0.107. The van der Waals surface area contributed by atoms with Crippen LogP contribution in [0.15, 0.2) is 24.3 Å². The number of aromatic nitrogens is 2. The van der Waals surface area contributed by atoms with Crippen molar-refractivity contribution in [2.75, 3.05) is 41.5 Å². The average molecular weight is 543 g/mol. The molecule has 1 unspecified atom stereocenters. The maximum absolute atomic E-state index is 13.6. The summed E-state index contributed by atoms with van der Waals surface area (Å²) in [5.74, 6) is 1.68. The van der Waals surface area contributed by atoms with Crippen molar-refractivity contribution in [1.82, 2.24) is 20.0 Å². The van der Waals surface area contributed by atoms with Gasteiger partial charge in [-0.05, 0) is 42.9 Å². The molecule has 0 radical (unpaired) electrons. The molecule has 0 bridgehead atoms. The number of nitrogens with zero attached hydrogens (tertiary/aromatic N) is 3. The lowest BCUT2D eigenvalue weighted by molar-refractivity contribution is -0.132. The van der Waals surface area contributed by atoms with E-state index in [0.717, 1.165) is 17.7 Å². The van der Waals surface area contributed by atoms with E-state index in [-0.39, 0.29) is 17.5 Å². The van der Waals surface area contributed by atoms with Gasteiger partial charge in [0.2, 0.25) is 5.91 Å². The molecule has 9 nitrogen and oxygen atoms in total. The molecule has 1 aromatic heterocycles. The van der Waals surface area contributed by atoms with E-state index in [0.29, 0.717) is 49.5 Å². The molecule has 2 aromatic rings. The van der Waals surface area contributed by atoms with Crippen molar-refractivity contribution >= 4 is 11.8 Å². The highest BCUT2D eigenvalue weighted by Gasteiger charge is 2.28. The molecule has 216 valence electrons. The standard InChI is InChI=1S/C30H46N4O5/c1-21(2)20-34-25(28-26(38-5)13-10-14-27(28)39-6)19-24(32-34)29(35)31-23(30(36)33(3)17-18-37-4)16-15-22-11-8-7-9-12-22/h10,13-14,19,21-23H,7-9,11-12,15-18,20H2,1-6H3,(H,31,35). The summed E-state index contributed by atoms with van der Waals surface area (Å²) in [7, 11) is 6.59. The van der Waals surface area contributed by atoms with Gasteiger partial charge in [0.15, 0.2) is 5.69 Å². The number of rotatable bonds is 14. The van der Waals surface area contributed by atoms with E-state index >= 15 is 0 Å². The van der Waals surface area contributed by atoms with Gasteiger partial charge in [0, 0.05) is 27.2 Å². The predicted octanol–water partition coefficient (Wildman–Crippen LogP) is 4.79. The van der Waals surface area contributed by atoms with Gasteiger partial charge in [-0.2, -0.15) is 5.10 Å². The zero-order chi connectivity index (χ0) is 28.4. The molecule has 0 aliphatic heterocycles. The van der Waals surface area contributed by atoms with E-state index in [1.807, 2.05) is 22.9 Å². The van der Waals surface area contributed by atoms with Crippen LogP contribution in [0.1, 0.15) is 69.3 Å². The van der Waals surface area contributed by atoms with Gasteiger partial charge in [0.25, 0.3) is 5.91 Å². The van der Waals surface area contributed by atoms with Gasteiger partial charge in [0.1, 0.15) is 17.5 Å². The van der Waals surface area contributed by atoms with E-state index in [9.17, 15) is 9.59 Å². The highest BCUT2D eigenvalue weighted by atomic mass is 16.5. The lowest BCUT2D eigenvalue weighted by Gasteiger charge is -2.27. The lowest BCUT2D eigenvalue weighted by atomic mass is 9.85. The molecule has 1 aromatic carbocycles. The Morgan fingerprint density at radius 2 is 1.77 bits per heavy atom. The van der Waals surface area contributed by atoms with E-state index in [1.54, 1.807) is 39.3 Å². The number of ether oxygens (including phenoxy) is 3. The number of carbonyl (C=O) groups excluding carboxylic acids is 2. The summed E-state index contributed by atoms with van der Waals surface area (Å²) in [5.41, 5.74) is 1.72. The summed E-state index contributed by atoms with van der Waals surface area (Å²) in [6.45, 7) is 5.70. The molecule has 1 aliphatic rings. The van der Waals surface area contributed by atoms with Crippen LogP contribution in [0.2, 0.25) is 0 Å². The Morgan fingerprint density at radius 1 is 1.10 bits per heavy atom. The molecular formula is C30H46N4O5. The molecule has 2 amide bonds. The van der Waals surface area contributed by atoms with Crippen LogP contribution in [0.3, 0.4) is 0 Å². The maximum atomic E-state index is 13.6. The predicted molar refractivity (Wildman–Crippen MR) is 152 cm³/mol. The molecule has 1 fully saturated rings. The maximum Gasteiger partial charge on any atom is 0.272 e. The van der Waals surface area contributed by atoms with Crippen LogP contribution in [0.25, 0.3) is 11.3 Å². The van der Waals surface area contributed by atoms with Crippen LogP contribution >= 0.6 is 0 Å². The Hall–Kier alpha value is -3.07. The number of hydrogen-bond donors (Lipinski definition) is 1. The van der Waals surface area contributed by atoms with Gasteiger partial charge in [-0.3, -0.25) is 14.3 Å². The fourth-order valence-electron chi connectivity index (χ4n) is 5.29. The van der Waals surface area contributed by atoms with Crippen molar-refractivity contribution in [3.63, 3.8) is 0 Å². The van der Waals surface area contributed by atoms with Crippen molar-refractivity contribution in [3.8, 4) is 22.8 Å². The minimum atomic E-state index is -0.624. The number of methoxy groups -OCH3 is 3. The highest BCUT2D eigenvalue weighted by Crippen LogP contribution is 2.39. The summed E-state index contributed by atoms with van der Waals surface area (Å²) in [4.78, 5) is 28.6. The van der Waals surface area contributed by atoms with Gasteiger partial charge in [-0.1, -0.05) is 52.0 Å². The molecule has 9 heteroatoms. The molecule has 0 spiro atoms. The van der Waals surface area contributed by atoms with Gasteiger partial charge >= 0.3 is 0 Å². The largest absolute Gasteiger partial charge is 0.496 e. The van der Waals surface area contributed by atoms with E-state index < -0.39 is 6.04 Å². The third-order valence-corrected chi connectivity index (χ3v) is 7.43. The molecule has 3 rings (SSSR count). The summed E-state index contributed by atoms with van der Waals surface area (Å²) in [6.07, 6.45) is 7.67. The normalized spacial score (nSPS) is 14.7. The summed E-state index contributed by atoms with van der Waals surface area (Å²) in [5, 5.41) is 7.71. The van der Waals surface area contributed by atoms with Crippen molar-refractivity contribution in [3.05, 3.63) is 30.0 Å².